The summed E-state index contributed by atoms with van der Waals surface area (Å²) in [5.41, 5.74) is -2.06. The van der Waals surface area contributed by atoms with Crippen LogP contribution in [0.5, 0.6) is 0 Å². The number of carbonyl (C=O) groups excluding carboxylic acids is 3. The van der Waals surface area contributed by atoms with Crippen LogP contribution in [-0.4, -0.2) is 82.7 Å². The molecule has 0 aromatic carbocycles. The molecule has 6 rings (SSSR count). The molecule has 6 aliphatic rings. The Morgan fingerprint density at radius 2 is 1.57 bits per heavy atom. The van der Waals surface area contributed by atoms with Crippen molar-refractivity contribution in [3.05, 3.63) is 35.5 Å². The quantitative estimate of drug-likeness (QED) is 0.218. The maximum atomic E-state index is 13.5. The Morgan fingerprint density at radius 3 is 2.14 bits per heavy atom. The maximum Gasteiger partial charge on any atom is 0.333 e. The highest BCUT2D eigenvalue weighted by Gasteiger charge is 2.91. The number of hydrogen-bond donors (Lipinski definition) is 2. The molecule has 1 aliphatic heterocycles. The van der Waals surface area contributed by atoms with Crippen LogP contribution in [0.4, 0.5) is 0 Å². The Bertz CT molecular complexity index is 1320. The van der Waals surface area contributed by atoms with Gasteiger partial charge in [-0.25, -0.2) is 9.59 Å². The van der Waals surface area contributed by atoms with Crippen LogP contribution in [0.1, 0.15) is 67.2 Å². The third-order valence-corrected chi connectivity index (χ3v) is 12.4. The van der Waals surface area contributed by atoms with Crippen molar-refractivity contribution >= 4 is 17.9 Å². The van der Waals surface area contributed by atoms with Crippen molar-refractivity contribution in [1.29, 1.82) is 0 Å². The van der Waals surface area contributed by atoms with Crippen molar-refractivity contribution in [1.82, 2.24) is 4.90 Å². The number of rotatable bonds is 5. The fourth-order valence-corrected chi connectivity index (χ4v) is 11.4. The molecule has 2 N–H and O–H groups in total. The van der Waals surface area contributed by atoms with Crippen molar-refractivity contribution < 1.29 is 38.8 Å². The van der Waals surface area contributed by atoms with Gasteiger partial charge < -0.3 is 29.3 Å². The maximum absolute atomic E-state index is 13.5. The first kappa shape index (κ1) is 29.6. The van der Waals surface area contributed by atoms with E-state index in [-0.39, 0.29) is 24.3 Å². The molecule has 2 spiro atoms. The summed E-state index contributed by atoms with van der Waals surface area (Å²) >= 11 is 0. The SMILES string of the molecule is C=C1C[C@]23C[C@H](OC(C)=O)[C@]4(O)[C@@]5(C)C[C@H](O)C[C@]46C([C@H]2[C@H]1[C@@H](OC(=O)/C(C)=C/C)[C@@H](OC(=O)/C(C)=C/C)[C@H]36)N(C)C5. The van der Waals surface area contributed by atoms with Crippen LogP contribution >= 0.6 is 0 Å². The summed E-state index contributed by atoms with van der Waals surface area (Å²) in [6.45, 7) is 15.3. The highest BCUT2D eigenvalue weighted by Crippen LogP contribution is 2.85. The van der Waals surface area contributed by atoms with Gasteiger partial charge in [0.25, 0.3) is 0 Å². The Hall–Kier alpha value is -2.49. The summed E-state index contributed by atoms with van der Waals surface area (Å²) in [6.07, 6.45) is 1.75. The summed E-state index contributed by atoms with van der Waals surface area (Å²) in [4.78, 5) is 41.7. The third kappa shape index (κ3) is 3.33. The molecule has 0 amide bonds. The smallest absolute Gasteiger partial charge is 0.333 e. The predicted molar refractivity (Wildman–Crippen MR) is 153 cm³/mol. The summed E-state index contributed by atoms with van der Waals surface area (Å²) in [5, 5.41) is 24.8. The minimum Gasteiger partial charge on any atom is -0.459 e. The van der Waals surface area contributed by atoms with Crippen LogP contribution in [0.15, 0.2) is 35.5 Å². The molecule has 1 heterocycles. The molecule has 9 nitrogen and oxygen atoms in total. The second kappa shape index (κ2) is 9.26. The lowest BCUT2D eigenvalue weighted by atomic mass is 9.38. The number of hydrogen-bond acceptors (Lipinski definition) is 9. The first-order valence-corrected chi connectivity index (χ1v) is 15.3. The van der Waals surface area contributed by atoms with E-state index in [4.69, 9.17) is 14.2 Å². The largest absolute Gasteiger partial charge is 0.459 e. The van der Waals surface area contributed by atoms with E-state index < -0.39 is 70.1 Å². The molecule has 12 atom stereocenters. The molecule has 1 unspecified atom stereocenters. The van der Waals surface area contributed by atoms with E-state index in [0.29, 0.717) is 37.0 Å². The fourth-order valence-electron chi connectivity index (χ4n) is 11.4. The van der Waals surface area contributed by atoms with Gasteiger partial charge in [-0.2, -0.15) is 0 Å². The number of aliphatic hydroxyl groups excluding tert-OH is 1. The van der Waals surface area contributed by atoms with E-state index in [2.05, 4.69) is 18.5 Å². The van der Waals surface area contributed by atoms with E-state index >= 15 is 0 Å². The van der Waals surface area contributed by atoms with Gasteiger partial charge in [0.15, 0.2) is 0 Å². The molecule has 230 valence electrons. The van der Waals surface area contributed by atoms with Gasteiger partial charge >= 0.3 is 17.9 Å². The number of carbonyl (C=O) groups is 3. The Labute approximate surface area is 247 Å². The van der Waals surface area contributed by atoms with Gasteiger partial charge in [0.2, 0.25) is 0 Å². The highest BCUT2D eigenvalue weighted by molar-refractivity contribution is 5.89. The second-order valence-electron chi connectivity index (χ2n) is 14.4. The number of likely N-dealkylation sites (tertiary alicyclic amines) is 1. The summed E-state index contributed by atoms with van der Waals surface area (Å²) in [7, 11) is 2.06. The average molecular weight is 584 g/mol. The van der Waals surface area contributed by atoms with E-state index in [9.17, 15) is 24.6 Å². The third-order valence-electron chi connectivity index (χ3n) is 12.4. The Kier molecular flexibility index (Phi) is 6.52. The standard InChI is InChI=1S/C33H45NO8/c1-9-16(3)28(37)41-24-22-18(5)11-31-14-21(40-19(6)35)33(39)30(7)12-20(36)13-32(33,27(23(22)31)34(8)15-30)26(31)25(24)42-29(38)17(4)10-2/h9-10,20-27,36,39H,5,11-15H2,1-4,6-8H3/b16-9+,17-10+/t20-,21-,22-,23+,24+,25+,26+,27?,30-,31-,32-,33-/m0/s1. The van der Waals surface area contributed by atoms with Crippen molar-refractivity contribution in [2.45, 2.75) is 103 Å². The number of ether oxygens (including phenoxy) is 3. The molecule has 6 bridgehead atoms. The van der Waals surface area contributed by atoms with Crippen LogP contribution in [0.3, 0.4) is 0 Å². The average Bonchev–Trinajstić information content (AvgIpc) is 3.18. The summed E-state index contributed by atoms with van der Waals surface area (Å²) in [5.74, 6) is -2.36. The lowest BCUT2D eigenvalue weighted by Gasteiger charge is -2.72. The van der Waals surface area contributed by atoms with Crippen LogP contribution < -0.4 is 0 Å². The minimum atomic E-state index is -1.51. The van der Waals surface area contributed by atoms with Crippen LogP contribution in [0.2, 0.25) is 0 Å². The van der Waals surface area contributed by atoms with Crippen molar-refractivity contribution in [2.24, 2.45) is 34.0 Å². The first-order valence-electron chi connectivity index (χ1n) is 15.3. The zero-order valence-electron chi connectivity index (χ0n) is 25.8. The zero-order valence-corrected chi connectivity index (χ0v) is 25.8. The van der Waals surface area contributed by atoms with Crippen LogP contribution in [-0.2, 0) is 28.6 Å². The molecule has 0 aromatic rings. The van der Waals surface area contributed by atoms with E-state index in [0.717, 1.165) is 5.57 Å². The fraction of sp³-hybridized carbons (Fsp3) is 0.727. The second-order valence-corrected chi connectivity index (χ2v) is 14.4. The molecule has 9 heteroatoms. The van der Waals surface area contributed by atoms with E-state index in [1.54, 1.807) is 39.8 Å². The summed E-state index contributed by atoms with van der Waals surface area (Å²) in [6, 6.07) is -0.240. The summed E-state index contributed by atoms with van der Waals surface area (Å²) < 4.78 is 18.8. The van der Waals surface area contributed by atoms with E-state index in [1.165, 1.54) is 6.92 Å². The van der Waals surface area contributed by atoms with Gasteiger partial charge in [0.1, 0.15) is 23.9 Å². The predicted octanol–water partition coefficient (Wildman–Crippen LogP) is 3.09. The van der Waals surface area contributed by atoms with Crippen LogP contribution in [0.25, 0.3) is 0 Å². The Balaban J connectivity index is 1.63. The molecular weight excluding hydrogens is 538 g/mol. The molecule has 6 fully saturated rings. The van der Waals surface area contributed by atoms with Gasteiger partial charge in [-0.1, -0.05) is 31.2 Å². The number of aliphatic hydroxyl groups is 2. The topological polar surface area (TPSA) is 123 Å². The van der Waals surface area contributed by atoms with Crippen LogP contribution in [0, 0.1) is 34.0 Å². The molecule has 1 saturated heterocycles. The van der Waals surface area contributed by atoms with Gasteiger partial charge in [-0.05, 0) is 71.8 Å². The normalized spacial score (nSPS) is 49.0. The molecule has 0 radical (unpaired) electrons. The van der Waals surface area contributed by atoms with Crippen molar-refractivity contribution in [3.8, 4) is 0 Å². The number of allylic oxidation sites excluding steroid dienone is 2. The lowest BCUT2D eigenvalue weighted by Crippen LogP contribution is -2.82. The van der Waals surface area contributed by atoms with Gasteiger partial charge in [0.05, 0.1) is 6.10 Å². The lowest BCUT2D eigenvalue weighted by molar-refractivity contribution is -0.343. The van der Waals surface area contributed by atoms with Gasteiger partial charge in [-0.3, -0.25) is 4.79 Å². The monoisotopic (exact) mass is 583 g/mol. The van der Waals surface area contributed by atoms with Crippen molar-refractivity contribution in [2.75, 3.05) is 13.6 Å². The van der Waals surface area contributed by atoms with E-state index in [1.807, 2.05) is 6.92 Å². The van der Waals surface area contributed by atoms with Gasteiger partial charge in [-0.15, -0.1) is 0 Å². The molecule has 42 heavy (non-hydrogen) atoms. The molecule has 0 aromatic heterocycles. The molecule has 5 saturated carbocycles. The minimum absolute atomic E-state index is 0.108. The number of piperidine rings is 1. The highest BCUT2D eigenvalue weighted by atomic mass is 16.6. The van der Waals surface area contributed by atoms with Gasteiger partial charge in [0, 0.05) is 53.3 Å². The molecule has 5 aliphatic carbocycles. The number of nitrogens with zero attached hydrogens (tertiary/aromatic N) is 1. The molecular formula is C33H45NO8. The first-order chi connectivity index (χ1) is 19.6. The number of esters is 3. The Morgan fingerprint density at radius 1 is 0.976 bits per heavy atom. The van der Waals surface area contributed by atoms with Crippen molar-refractivity contribution in [3.63, 3.8) is 0 Å². The zero-order chi connectivity index (χ0) is 30.7.